The number of nitrogens with one attached hydrogen (secondary N) is 1. The summed E-state index contributed by atoms with van der Waals surface area (Å²) >= 11 is 1.75. The molecule has 1 heterocycles. The predicted octanol–water partition coefficient (Wildman–Crippen LogP) is 5.04. The van der Waals surface area contributed by atoms with Crippen molar-refractivity contribution in [1.82, 2.24) is 4.98 Å². The van der Waals surface area contributed by atoms with Gasteiger partial charge >= 0.3 is 0 Å². The lowest BCUT2D eigenvalue weighted by Crippen LogP contribution is -2.15. The Kier molecular flexibility index (Phi) is 4.20. The number of benzene rings is 2. The SMILES string of the molecule is Cc1nc2ccc(NC(C)CCc3ccccc3)cc2s1. The molecule has 1 N–H and O–H groups in total. The van der Waals surface area contributed by atoms with E-state index in [1.54, 1.807) is 11.3 Å². The second-order valence-electron chi connectivity index (χ2n) is 5.49. The average molecular weight is 296 g/mol. The number of fused-ring (bicyclic) bond motifs is 1. The number of hydrogen-bond donors (Lipinski definition) is 1. The quantitative estimate of drug-likeness (QED) is 0.713. The Hall–Kier alpha value is -1.87. The summed E-state index contributed by atoms with van der Waals surface area (Å²) in [6, 6.07) is 17.6. The van der Waals surface area contributed by atoms with Crippen LogP contribution in [-0.2, 0) is 6.42 Å². The molecule has 1 aromatic heterocycles. The normalized spacial score (nSPS) is 12.5. The van der Waals surface area contributed by atoms with E-state index in [2.05, 4.69) is 72.7 Å². The number of anilines is 1. The molecule has 2 nitrogen and oxygen atoms in total. The van der Waals surface area contributed by atoms with Crippen molar-refractivity contribution in [3.8, 4) is 0 Å². The summed E-state index contributed by atoms with van der Waals surface area (Å²) in [5, 5.41) is 4.72. The Balaban J connectivity index is 1.61. The summed E-state index contributed by atoms with van der Waals surface area (Å²) in [5.74, 6) is 0. The van der Waals surface area contributed by atoms with Crippen LogP contribution in [0.25, 0.3) is 10.2 Å². The summed E-state index contributed by atoms with van der Waals surface area (Å²) in [7, 11) is 0. The third-order valence-corrected chi connectivity index (χ3v) is 4.55. The minimum absolute atomic E-state index is 0.455. The zero-order valence-corrected chi connectivity index (χ0v) is 13.3. The molecule has 3 heteroatoms. The summed E-state index contributed by atoms with van der Waals surface area (Å²) in [6.07, 6.45) is 2.24. The Morgan fingerprint density at radius 2 is 1.95 bits per heavy atom. The zero-order valence-electron chi connectivity index (χ0n) is 12.5. The smallest absolute Gasteiger partial charge is 0.0907 e. The van der Waals surface area contributed by atoms with Crippen LogP contribution in [0.15, 0.2) is 48.5 Å². The second kappa shape index (κ2) is 6.27. The third kappa shape index (κ3) is 3.61. The Labute approximate surface area is 129 Å². The summed E-state index contributed by atoms with van der Waals surface area (Å²) < 4.78 is 1.26. The number of rotatable bonds is 5. The number of hydrogen-bond acceptors (Lipinski definition) is 3. The monoisotopic (exact) mass is 296 g/mol. The van der Waals surface area contributed by atoms with Gasteiger partial charge < -0.3 is 5.32 Å². The lowest BCUT2D eigenvalue weighted by atomic mass is 10.1. The van der Waals surface area contributed by atoms with Gasteiger partial charge in [-0.05, 0) is 50.5 Å². The summed E-state index contributed by atoms with van der Waals surface area (Å²) in [4.78, 5) is 4.50. The van der Waals surface area contributed by atoms with E-state index in [0.717, 1.165) is 23.4 Å². The number of aryl methyl sites for hydroxylation is 2. The van der Waals surface area contributed by atoms with Gasteiger partial charge in [0.25, 0.3) is 0 Å². The Morgan fingerprint density at radius 1 is 1.14 bits per heavy atom. The second-order valence-corrected chi connectivity index (χ2v) is 6.72. The van der Waals surface area contributed by atoms with Crippen LogP contribution in [0.5, 0.6) is 0 Å². The Bertz CT molecular complexity index is 718. The molecule has 0 aliphatic rings. The molecule has 0 aliphatic carbocycles. The minimum Gasteiger partial charge on any atom is -0.383 e. The molecule has 2 aromatic carbocycles. The van der Waals surface area contributed by atoms with Gasteiger partial charge in [-0.1, -0.05) is 30.3 Å². The summed E-state index contributed by atoms with van der Waals surface area (Å²) in [6.45, 7) is 4.30. The maximum atomic E-state index is 4.50. The van der Waals surface area contributed by atoms with Crippen molar-refractivity contribution >= 4 is 27.2 Å². The van der Waals surface area contributed by atoms with Gasteiger partial charge in [-0.2, -0.15) is 0 Å². The van der Waals surface area contributed by atoms with Gasteiger partial charge in [0, 0.05) is 11.7 Å². The van der Waals surface area contributed by atoms with Gasteiger partial charge in [-0.25, -0.2) is 4.98 Å². The molecule has 21 heavy (non-hydrogen) atoms. The maximum absolute atomic E-state index is 4.50. The lowest BCUT2D eigenvalue weighted by molar-refractivity contribution is 0.706. The summed E-state index contributed by atoms with van der Waals surface area (Å²) in [5.41, 5.74) is 3.69. The largest absolute Gasteiger partial charge is 0.383 e. The fourth-order valence-corrected chi connectivity index (χ4v) is 3.38. The number of aromatic nitrogens is 1. The van der Waals surface area contributed by atoms with Crippen LogP contribution in [0.1, 0.15) is 23.9 Å². The van der Waals surface area contributed by atoms with Crippen LogP contribution in [0.2, 0.25) is 0 Å². The molecule has 1 unspecified atom stereocenters. The molecule has 0 amide bonds. The molecule has 0 saturated carbocycles. The minimum atomic E-state index is 0.455. The highest BCUT2D eigenvalue weighted by atomic mass is 32.1. The Morgan fingerprint density at radius 3 is 2.76 bits per heavy atom. The van der Waals surface area contributed by atoms with Crippen molar-refractivity contribution in [2.24, 2.45) is 0 Å². The first-order chi connectivity index (χ1) is 10.2. The highest BCUT2D eigenvalue weighted by Gasteiger charge is 2.05. The molecule has 0 radical (unpaired) electrons. The molecule has 0 saturated heterocycles. The molecule has 0 fully saturated rings. The van der Waals surface area contributed by atoms with E-state index in [1.165, 1.54) is 16.0 Å². The van der Waals surface area contributed by atoms with E-state index >= 15 is 0 Å². The fraction of sp³-hybridized carbons (Fsp3) is 0.278. The van der Waals surface area contributed by atoms with E-state index in [0.29, 0.717) is 6.04 Å². The van der Waals surface area contributed by atoms with Crippen LogP contribution in [-0.4, -0.2) is 11.0 Å². The highest BCUT2D eigenvalue weighted by molar-refractivity contribution is 7.18. The molecular formula is C18H20N2S. The van der Waals surface area contributed by atoms with Crippen LogP contribution in [0.4, 0.5) is 5.69 Å². The maximum Gasteiger partial charge on any atom is 0.0907 e. The van der Waals surface area contributed by atoms with Crippen LogP contribution in [0.3, 0.4) is 0 Å². The van der Waals surface area contributed by atoms with Crippen molar-refractivity contribution in [1.29, 1.82) is 0 Å². The third-order valence-electron chi connectivity index (χ3n) is 3.62. The average Bonchev–Trinajstić information content (AvgIpc) is 2.85. The molecular weight excluding hydrogens is 276 g/mol. The van der Waals surface area contributed by atoms with Crippen molar-refractivity contribution in [3.05, 3.63) is 59.1 Å². The predicted molar refractivity (Wildman–Crippen MR) is 92.2 cm³/mol. The molecule has 0 bridgehead atoms. The van der Waals surface area contributed by atoms with Gasteiger partial charge in [0.05, 0.1) is 15.2 Å². The van der Waals surface area contributed by atoms with Crippen molar-refractivity contribution in [2.45, 2.75) is 32.7 Å². The van der Waals surface area contributed by atoms with E-state index in [-0.39, 0.29) is 0 Å². The van der Waals surface area contributed by atoms with Crippen LogP contribution in [0, 0.1) is 6.92 Å². The number of nitrogens with zero attached hydrogens (tertiary/aromatic N) is 1. The van der Waals surface area contributed by atoms with Gasteiger partial charge in [-0.15, -0.1) is 11.3 Å². The first-order valence-corrected chi connectivity index (χ1v) is 8.20. The van der Waals surface area contributed by atoms with E-state index < -0.39 is 0 Å². The first kappa shape index (κ1) is 14.1. The molecule has 3 rings (SSSR count). The molecule has 108 valence electrons. The van der Waals surface area contributed by atoms with E-state index in [9.17, 15) is 0 Å². The van der Waals surface area contributed by atoms with E-state index in [1.807, 2.05) is 0 Å². The van der Waals surface area contributed by atoms with Crippen LogP contribution < -0.4 is 5.32 Å². The number of thiazole rings is 1. The molecule has 1 atom stereocenters. The lowest BCUT2D eigenvalue weighted by Gasteiger charge is -2.15. The van der Waals surface area contributed by atoms with Gasteiger partial charge in [-0.3, -0.25) is 0 Å². The first-order valence-electron chi connectivity index (χ1n) is 7.38. The topological polar surface area (TPSA) is 24.9 Å². The molecule has 0 aliphatic heterocycles. The molecule has 3 aromatic rings. The zero-order chi connectivity index (χ0) is 14.7. The van der Waals surface area contributed by atoms with Gasteiger partial charge in [0.15, 0.2) is 0 Å². The standard InChI is InChI=1S/C18H20N2S/c1-13(8-9-15-6-4-3-5-7-15)19-16-10-11-17-18(12-16)21-14(2)20-17/h3-7,10-13,19H,8-9H2,1-2H3. The molecule has 0 spiro atoms. The highest BCUT2D eigenvalue weighted by Crippen LogP contribution is 2.25. The van der Waals surface area contributed by atoms with Gasteiger partial charge in [0.1, 0.15) is 0 Å². The van der Waals surface area contributed by atoms with Crippen molar-refractivity contribution in [2.75, 3.05) is 5.32 Å². The van der Waals surface area contributed by atoms with Crippen LogP contribution >= 0.6 is 11.3 Å². The van der Waals surface area contributed by atoms with Crippen molar-refractivity contribution < 1.29 is 0 Å². The van der Waals surface area contributed by atoms with E-state index in [4.69, 9.17) is 0 Å². The van der Waals surface area contributed by atoms with Gasteiger partial charge in [0.2, 0.25) is 0 Å². The fourth-order valence-electron chi connectivity index (χ4n) is 2.51. The van der Waals surface area contributed by atoms with Crippen molar-refractivity contribution in [3.63, 3.8) is 0 Å².